The number of phenolic OH excluding ortho intramolecular Hbond substituents is 1. The lowest BCUT2D eigenvalue weighted by Gasteiger charge is -2.13. The molecule has 0 bridgehead atoms. The summed E-state index contributed by atoms with van der Waals surface area (Å²) < 4.78 is 4.99. The minimum Gasteiger partial charge on any atom is -0.507 e. The fraction of sp³-hybridized carbons (Fsp3) is 0.286. The molecule has 0 fully saturated rings. The van der Waals surface area contributed by atoms with Crippen molar-refractivity contribution in [2.24, 2.45) is 0 Å². The molecule has 0 spiro atoms. The number of amides is 1. The summed E-state index contributed by atoms with van der Waals surface area (Å²) in [7, 11) is 0. The maximum Gasteiger partial charge on any atom is 0.342 e. The molecule has 1 aromatic carbocycles. The third kappa shape index (κ3) is 4.13. The number of carbonyl (C=O) groups is 2. The summed E-state index contributed by atoms with van der Waals surface area (Å²) >= 11 is 0. The molecule has 0 unspecified atom stereocenters. The van der Waals surface area contributed by atoms with Crippen LogP contribution in [0.2, 0.25) is 0 Å². The third-order valence-electron chi connectivity index (χ3n) is 2.45. The van der Waals surface area contributed by atoms with E-state index >= 15 is 0 Å². The van der Waals surface area contributed by atoms with Crippen LogP contribution in [0.1, 0.15) is 22.8 Å². The smallest absolute Gasteiger partial charge is 0.342 e. The van der Waals surface area contributed by atoms with Gasteiger partial charge in [-0.2, -0.15) is 0 Å². The number of hydrogen-bond donors (Lipinski definition) is 2. The lowest BCUT2D eigenvalue weighted by Crippen LogP contribution is -2.35. The highest BCUT2D eigenvalue weighted by Crippen LogP contribution is 2.19. The van der Waals surface area contributed by atoms with E-state index in [0.717, 1.165) is 5.56 Å². The van der Waals surface area contributed by atoms with Crippen LogP contribution < -0.4 is 5.32 Å². The second-order valence-corrected chi connectivity index (χ2v) is 4.10. The lowest BCUT2D eigenvalue weighted by atomic mass is 10.1. The number of aryl methyl sites for hydroxylation is 1. The average Bonchev–Trinajstić information content (AvgIpc) is 2.38. The minimum atomic E-state index is -0.938. The maximum atomic E-state index is 11.8. The van der Waals surface area contributed by atoms with Gasteiger partial charge in [0, 0.05) is 6.54 Å². The van der Waals surface area contributed by atoms with Gasteiger partial charge in [-0.25, -0.2) is 4.79 Å². The number of carbonyl (C=O) groups excluding carboxylic acids is 2. The van der Waals surface area contributed by atoms with Gasteiger partial charge in [0.2, 0.25) is 0 Å². The van der Waals surface area contributed by atoms with Gasteiger partial charge in [0.25, 0.3) is 5.91 Å². The second-order valence-electron chi connectivity index (χ2n) is 4.10. The normalized spacial score (nSPS) is 11.5. The highest BCUT2D eigenvalue weighted by molar-refractivity contribution is 5.94. The molecule has 5 nitrogen and oxygen atoms in total. The van der Waals surface area contributed by atoms with E-state index in [0.29, 0.717) is 6.54 Å². The van der Waals surface area contributed by atoms with E-state index in [-0.39, 0.29) is 11.3 Å². The maximum absolute atomic E-state index is 11.8. The zero-order valence-electron chi connectivity index (χ0n) is 11.0. The first-order chi connectivity index (χ1) is 8.95. The van der Waals surface area contributed by atoms with E-state index in [1.165, 1.54) is 25.1 Å². The van der Waals surface area contributed by atoms with Crippen LogP contribution in [0.3, 0.4) is 0 Å². The monoisotopic (exact) mass is 263 g/mol. The molecule has 0 aliphatic rings. The summed E-state index contributed by atoms with van der Waals surface area (Å²) in [6.07, 6.45) is 0.589. The van der Waals surface area contributed by atoms with Crippen molar-refractivity contribution in [2.45, 2.75) is 20.0 Å². The Morgan fingerprint density at radius 2 is 2.21 bits per heavy atom. The van der Waals surface area contributed by atoms with E-state index in [2.05, 4.69) is 11.9 Å². The Morgan fingerprint density at radius 1 is 1.53 bits per heavy atom. The topological polar surface area (TPSA) is 75.6 Å². The summed E-state index contributed by atoms with van der Waals surface area (Å²) in [4.78, 5) is 23.3. The van der Waals surface area contributed by atoms with Crippen LogP contribution >= 0.6 is 0 Å². The molecule has 5 heteroatoms. The molecule has 2 N–H and O–H groups in total. The van der Waals surface area contributed by atoms with Crippen molar-refractivity contribution in [1.82, 2.24) is 5.32 Å². The van der Waals surface area contributed by atoms with Gasteiger partial charge in [-0.1, -0.05) is 17.7 Å². The largest absolute Gasteiger partial charge is 0.507 e. The van der Waals surface area contributed by atoms with Gasteiger partial charge >= 0.3 is 5.97 Å². The van der Waals surface area contributed by atoms with Crippen molar-refractivity contribution < 1.29 is 19.4 Å². The molecule has 1 atom stereocenters. The molecule has 0 radical (unpaired) electrons. The number of esters is 1. The lowest BCUT2D eigenvalue weighted by molar-refractivity contribution is -0.128. The fourth-order valence-corrected chi connectivity index (χ4v) is 1.41. The zero-order valence-corrected chi connectivity index (χ0v) is 11.0. The first kappa shape index (κ1) is 14.8. The van der Waals surface area contributed by atoms with Crippen LogP contribution in [-0.2, 0) is 9.53 Å². The number of aromatic hydroxyl groups is 1. The molecule has 0 heterocycles. The SMILES string of the molecule is C=CCNC(=O)[C@@H](C)OC(=O)c1cc(C)ccc1O. The van der Waals surface area contributed by atoms with Crippen LogP contribution in [-0.4, -0.2) is 29.6 Å². The first-order valence-corrected chi connectivity index (χ1v) is 5.85. The number of rotatable bonds is 5. The highest BCUT2D eigenvalue weighted by atomic mass is 16.5. The van der Waals surface area contributed by atoms with Gasteiger partial charge < -0.3 is 15.2 Å². The van der Waals surface area contributed by atoms with Gasteiger partial charge in [-0.3, -0.25) is 4.79 Å². The number of nitrogens with one attached hydrogen (secondary N) is 1. The highest BCUT2D eigenvalue weighted by Gasteiger charge is 2.20. The van der Waals surface area contributed by atoms with Gasteiger partial charge in [0.05, 0.1) is 0 Å². The van der Waals surface area contributed by atoms with E-state index in [1.54, 1.807) is 13.0 Å². The summed E-state index contributed by atoms with van der Waals surface area (Å²) in [6, 6.07) is 4.59. The summed E-state index contributed by atoms with van der Waals surface area (Å²) in [6.45, 7) is 7.02. The summed E-state index contributed by atoms with van der Waals surface area (Å²) in [5, 5.41) is 12.1. The minimum absolute atomic E-state index is 0.0448. The van der Waals surface area contributed by atoms with Crippen molar-refractivity contribution in [3.05, 3.63) is 42.0 Å². The van der Waals surface area contributed by atoms with Crippen LogP contribution in [0.15, 0.2) is 30.9 Å². The van der Waals surface area contributed by atoms with Crippen LogP contribution in [0.25, 0.3) is 0 Å². The van der Waals surface area contributed by atoms with Gasteiger partial charge in [-0.05, 0) is 26.0 Å². The standard InChI is InChI=1S/C14H17NO4/c1-4-7-15-13(17)10(3)19-14(18)11-8-9(2)5-6-12(11)16/h4-6,8,10,16H,1,7H2,2-3H3,(H,15,17)/t10-/m1/s1. The predicted molar refractivity (Wildman–Crippen MR) is 70.9 cm³/mol. The van der Waals surface area contributed by atoms with Crippen LogP contribution in [0, 0.1) is 6.92 Å². The van der Waals surface area contributed by atoms with Gasteiger partial charge in [-0.15, -0.1) is 6.58 Å². The van der Waals surface area contributed by atoms with Crippen molar-refractivity contribution in [1.29, 1.82) is 0 Å². The Hall–Kier alpha value is -2.30. The molecular formula is C14H17NO4. The Balaban J connectivity index is 2.71. The van der Waals surface area contributed by atoms with Crippen LogP contribution in [0.4, 0.5) is 0 Å². The molecule has 102 valence electrons. The molecule has 0 aromatic heterocycles. The van der Waals surface area contributed by atoms with Crippen molar-refractivity contribution in [3.63, 3.8) is 0 Å². The molecule has 0 aliphatic carbocycles. The second kappa shape index (κ2) is 6.58. The van der Waals surface area contributed by atoms with E-state index in [9.17, 15) is 14.7 Å². The summed E-state index contributed by atoms with van der Waals surface area (Å²) in [5.41, 5.74) is 0.858. The molecule has 19 heavy (non-hydrogen) atoms. The number of benzene rings is 1. The molecule has 1 amide bonds. The Kier molecular flexibility index (Phi) is 5.11. The van der Waals surface area contributed by atoms with E-state index in [4.69, 9.17) is 4.74 Å². The van der Waals surface area contributed by atoms with Crippen molar-refractivity contribution in [2.75, 3.05) is 6.54 Å². The quantitative estimate of drug-likeness (QED) is 0.624. The predicted octanol–water partition coefficient (Wildman–Crippen LogP) is 1.55. The van der Waals surface area contributed by atoms with E-state index in [1.807, 2.05) is 0 Å². The van der Waals surface area contributed by atoms with Crippen LogP contribution in [0.5, 0.6) is 5.75 Å². The molecule has 0 saturated heterocycles. The number of phenols is 1. The molecule has 0 saturated carbocycles. The summed E-state index contributed by atoms with van der Waals surface area (Å²) in [5.74, 6) is -1.32. The molecule has 0 aliphatic heterocycles. The number of ether oxygens (including phenoxy) is 1. The zero-order chi connectivity index (χ0) is 14.4. The average molecular weight is 263 g/mol. The van der Waals surface area contributed by atoms with Gasteiger partial charge in [0.15, 0.2) is 6.10 Å². The van der Waals surface area contributed by atoms with Gasteiger partial charge in [0.1, 0.15) is 11.3 Å². The molecule has 1 rings (SSSR count). The Bertz CT molecular complexity index is 496. The van der Waals surface area contributed by atoms with Crippen molar-refractivity contribution in [3.8, 4) is 5.75 Å². The fourth-order valence-electron chi connectivity index (χ4n) is 1.41. The molecular weight excluding hydrogens is 246 g/mol. The first-order valence-electron chi connectivity index (χ1n) is 5.85. The van der Waals surface area contributed by atoms with E-state index < -0.39 is 18.0 Å². The molecule has 1 aromatic rings. The Morgan fingerprint density at radius 3 is 2.84 bits per heavy atom. The van der Waals surface area contributed by atoms with Crippen molar-refractivity contribution >= 4 is 11.9 Å². The third-order valence-corrected chi connectivity index (χ3v) is 2.45. The Labute approximate surface area is 111 Å². The number of hydrogen-bond acceptors (Lipinski definition) is 4.